The summed E-state index contributed by atoms with van der Waals surface area (Å²) in [5, 5.41) is 9.44. The van der Waals surface area contributed by atoms with E-state index < -0.39 is 5.91 Å². The molecular weight excluding hydrogens is 242 g/mol. The maximum atomic E-state index is 11.8. The summed E-state index contributed by atoms with van der Waals surface area (Å²) < 4.78 is 0. The predicted molar refractivity (Wildman–Crippen MR) is 64.9 cm³/mol. The molecule has 0 bridgehead atoms. The highest BCUT2D eigenvalue weighted by Gasteiger charge is 2.16. The average Bonchev–Trinajstić information content (AvgIpc) is 2.63. The average molecular weight is 252 g/mol. The van der Waals surface area contributed by atoms with Crippen LogP contribution in [0.15, 0.2) is 18.5 Å². The molecule has 0 saturated heterocycles. The van der Waals surface area contributed by atoms with Crippen molar-refractivity contribution in [3.63, 3.8) is 0 Å². The van der Waals surface area contributed by atoms with Crippen LogP contribution in [-0.2, 0) is 0 Å². The van der Waals surface area contributed by atoms with Gasteiger partial charge >= 0.3 is 0 Å². The third-order valence-electron chi connectivity index (χ3n) is 2.23. The van der Waals surface area contributed by atoms with Crippen molar-refractivity contribution in [1.29, 1.82) is 0 Å². The van der Waals surface area contributed by atoms with E-state index in [1.165, 1.54) is 12.4 Å². The first-order valence-corrected chi connectivity index (χ1v) is 5.18. The van der Waals surface area contributed by atoms with Crippen LogP contribution >= 0.6 is 11.6 Å². The molecule has 2 rings (SSSR count). The quantitative estimate of drug-likeness (QED) is 0.755. The standard InChI is InChI=1S/C10H10ClN5O/c1-5-8(12)9(16-15-5)10(17)14-7-4-13-3-2-6(7)11/h2-4H,12H2,1H3,(H,14,17)(H,15,16). The monoisotopic (exact) mass is 251 g/mol. The lowest BCUT2D eigenvalue weighted by molar-refractivity contribution is 0.102. The smallest absolute Gasteiger partial charge is 0.278 e. The van der Waals surface area contributed by atoms with Gasteiger partial charge < -0.3 is 11.1 Å². The van der Waals surface area contributed by atoms with Crippen molar-refractivity contribution in [3.05, 3.63) is 34.9 Å². The molecule has 88 valence electrons. The number of nitrogens with two attached hydrogens (primary N) is 1. The molecule has 2 aromatic heterocycles. The Morgan fingerprint density at radius 2 is 2.35 bits per heavy atom. The van der Waals surface area contributed by atoms with Gasteiger partial charge in [0.25, 0.3) is 5.91 Å². The first-order chi connectivity index (χ1) is 8.09. The zero-order valence-corrected chi connectivity index (χ0v) is 9.75. The Labute approximate surface area is 102 Å². The predicted octanol–water partition coefficient (Wildman–Crippen LogP) is 1.60. The number of hydrogen-bond donors (Lipinski definition) is 3. The number of carbonyl (C=O) groups is 1. The van der Waals surface area contributed by atoms with Gasteiger partial charge in [0.15, 0.2) is 5.69 Å². The molecule has 2 aromatic rings. The number of aryl methyl sites for hydroxylation is 1. The van der Waals surface area contributed by atoms with Gasteiger partial charge in [-0.05, 0) is 13.0 Å². The number of carbonyl (C=O) groups excluding carboxylic acids is 1. The van der Waals surface area contributed by atoms with Crippen molar-refractivity contribution >= 4 is 28.9 Å². The second-order valence-corrected chi connectivity index (χ2v) is 3.83. The summed E-state index contributed by atoms with van der Waals surface area (Å²) in [5.41, 5.74) is 7.22. The summed E-state index contributed by atoms with van der Waals surface area (Å²) in [4.78, 5) is 15.7. The van der Waals surface area contributed by atoms with E-state index in [4.69, 9.17) is 17.3 Å². The van der Waals surface area contributed by atoms with Crippen molar-refractivity contribution in [2.24, 2.45) is 0 Å². The fourth-order valence-electron chi connectivity index (χ4n) is 1.26. The number of halogens is 1. The first-order valence-electron chi connectivity index (χ1n) is 4.81. The van der Waals surface area contributed by atoms with Gasteiger partial charge in [-0.3, -0.25) is 14.9 Å². The zero-order chi connectivity index (χ0) is 12.4. The van der Waals surface area contributed by atoms with E-state index in [1.807, 2.05) is 0 Å². The maximum absolute atomic E-state index is 11.8. The number of nitrogens with one attached hydrogen (secondary N) is 2. The highest BCUT2D eigenvalue weighted by molar-refractivity contribution is 6.33. The van der Waals surface area contributed by atoms with Crippen molar-refractivity contribution < 1.29 is 4.79 Å². The van der Waals surface area contributed by atoms with Crippen LogP contribution in [0.3, 0.4) is 0 Å². The van der Waals surface area contributed by atoms with E-state index in [9.17, 15) is 4.79 Å². The molecular formula is C10H10ClN5O. The molecule has 17 heavy (non-hydrogen) atoms. The fourth-order valence-corrected chi connectivity index (χ4v) is 1.41. The highest BCUT2D eigenvalue weighted by Crippen LogP contribution is 2.21. The van der Waals surface area contributed by atoms with Gasteiger partial charge in [-0.15, -0.1) is 0 Å². The van der Waals surface area contributed by atoms with Gasteiger partial charge in [-0.25, -0.2) is 0 Å². The number of aromatic amines is 1. The zero-order valence-electron chi connectivity index (χ0n) is 8.99. The number of nitrogen functional groups attached to an aromatic ring is 1. The number of pyridine rings is 1. The minimum atomic E-state index is -0.429. The summed E-state index contributed by atoms with van der Waals surface area (Å²) in [5.74, 6) is -0.429. The number of H-pyrrole nitrogens is 1. The summed E-state index contributed by atoms with van der Waals surface area (Å²) in [7, 11) is 0. The molecule has 0 aromatic carbocycles. The van der Waals surface area contributed by atoms with Crippen LogP contribution in [0, 0.1) is 6.92 Å². The molecule has 0 radical (unpaired) electrons. The summed E-state index contributed by atoms with van der Waals surface area (Å²) in [6.07, 6.45) is 2.99. The van der Waals surface area contributed by atoms with Crippen LogP contribution in [-0.4, -0.2) is 21.1 Å². The summed E-state index contributed by atoms with van der Waals surface area (Å²) in [6.45, 7) is 1.73. The van der Waals surface area contributed by atoms with E-state index in [1.54, 1.807) is 13.0 Å². The second-order valence-electron chi connectivity index (χ2n) is 3.42. The Morgan fingerprint density at radius 3 is 2.94 bits per heavy atom. The second kappa shape index (κ2) is 4.42. The molecule has 0 aliphatic heterocycles. The van der Waals surface area contributed by atoms with E-state index in [0.29, 0.717) is 22.1 Å². The number of amides is 1. The first kappa shape index (κ1) is 11.4. The summed E-state index contributed by atoms with van der Waals surface area (Å²) in [6, 6.07) is 1.58. The Bertz CT molecular complexity index is 566. The van der Waals surface area contributed by atoms with E-state index >= 15 is 0 Å². The molecule has 0 aliphatic carbocycles. The summed E-state index contributed by atoms with van der Waals surface area (Å²) >= 11 is 5.89. The molecule has 0 spiro atoms. The van der Waals surface area contributed by atoms with Crippen molar-refractivity contribution in [2.45, 2.75) is 6.92 Å². The van der Waals surface area contributed by atoms with E-state index in [-0.39, 0.29) is 5.69 Å². The Hall–Kier alpha value is -2.08. The number of nitrogens with zero attached hydrogens (tertiary/aromatic N) is 2. The van der Waals surface area contributed by atoms with Crippen molar-refractivity contribution in [1.82, 2.24) is 15.2 Å². The third kappa shape index (κ3) is 2.21. The van der Waals surface area contributed by atoms with E-state index in [2.05, 4.69) is 20.5 Å². The molecule has 0 aliphatic rings. The van der Waals surface area contributed by atoms with Gasteiger partial charge in [0, 0.05) is 6.20 Å². The molecule has 7 heteroatoms. The fraction of sp³-hybridized carbons (Fsp3) is 0.100. The van der Waals surface area contributed by atoms with Gasteiger partial charge in [-0.1, -0.05) is 11.6 Å². The molecule has 1 amide bonds. The van der Waals surface area contributed by atoms with Gasteiger partial charge in [0.1, 0.15) is 0 Å². The van der Waals surface area contributed by atoms with E-state index in [0.717, 1.165) is 0 Å². The largest absolute Gasteiger partial charge is 0.395 e. The lowest BCUT2D eigenvalue weighted by Crippen LogP contribution is -2.14. The SMILES string of the molecule is Cc1[nH]nc(C(=O)Nc2cnccc2Cl)c1N. The van der Waals surface area contributed by atoms with Crippen LogP contribution in [0.5, 0.6) is 0 Å². The van der Waals surface area contributed by atoms with Gasteiger partial charge in [-0.2, -0.15) is 5.10 Å². The van der Waals surface area contributed by atoms with Crippen LogP contribution in [0.4, 0.5) is 11.4 Å². The minimum Gasteiger partial charge on any atom is -0.395 e. The minimum absolute atomic E-state index is 0.141. The molecule has 0 fully saturated rings. The topological polar surface area (TPSA) is 96.7 Å². The van der Waals surface area contributed by atoms with Crippen molar-refractivity contribution in [2.75, 3.05) is 11.1 Å². The lowest BCUT2D eigenvalue weighted by Gasteiger charge is -2.04. The molecule has 0 saturated carbocycles. The molecule has 6 nitrogen and oxygen atoms in total. The number of anilines is 2. The normalized spacial score (nSPS) is 10.2. The third-order valence-corrected chi connectivity index (χ3v) is 2.56. The Kier molecular flexibility index (Phi) is 2.97. The van der Waals surface area contributed by atoms with Crippen LogP contribution in [0.25, 0.3) is 0 Å². The van der Waals surface area contributed by atoms with Crippen molar-refractivity contribution in [3.8, 4) is 0 Å². The molecule has 2 heterocycles. The van der Waals surface area contributed by atoms with Gasteiger partial charge in [0.05, 0.1) is 28.3 Å². The Balaban J connectivity index is 2.23. The molecule has 4 N–H and O–H groups in total. The number of aromatic nitrogens is 3. The maximum Gasteiger partial charge on any atom is 0.278 e. The van der Waals surface area contributed by atoms with Crippen LogP contribution < -0.4 is 11.1 Å². The van der Waals surface area contributed by atoms with Crippen LogP contribution in [0.1, 0.15) is 16.2 Å². The van der Waals surface area contributed by atoms with Crippen LogP contribution in [0.2, 0.25) is 5.02 Å². The Morgan fingerprint density at radius 1 is 1.59 bits per heavy atom. The number of hydrogen-bond acceptors (Lipinski definition) is 4. The molecule has 0 unspecified atom stereocenters. The lowest BCUT2D eigenvalue weighted by atomic mass is 10.3. The highest BCUT2D eigenvalue weighted by atomic mass is 35.5. The van der Waals surface area contributed by atoms with Gasteiger partial charge in [0.2, 0.25) is 0 Å². The molecule has 0 atom stereocenters. The number of rotatable bonds is 2.